The number of aliphatic hydroxyl groups excluding tert-OH is 2. The van der Waals surface area contributed by atoms with Crippen LogP contribution < -0.4 is 0 Å². The minimum Gasteiger partial charge on any atom is -0.396 e. The Kier molecular flexibility index (Phi) is 4.83. The number of hydrogen-bond acceptors (Lipinski definition) is 2. The molecule has 90 valence electrons. The van der Waals surface area contributed by atoms with Crippen LogP contribution in [0, 0.1) is 11.6 Å². The smallest absolute Gasteiger partial charge is 0.130 e. The second-order valence-corrected chi connectivity index (χ2v) is 4.46. The van der Waals surface area contributed by atoms with Gasteiger partial charge in [-0.25, -0.2) is 8.78 Å². The fourth-order valence-corrected chi connectivity index (χ4v) is 2.00. The van der Waals surface area contributed by atoms with Crippen molar-refractivity contribution in [3.05, 3.63) is 33.8 Å². The molecule has 0 aliphatic rings. The standard InChI is InChI=1S/C11H13BrF2O2/c1-2-10(16)7(5-15)11-8(13)3-6(12)4-9(11)14/h3-4,7,10,15-16H,2,5H2,1H3. The third-order valence-corrected chi connectivity index (χ3v) is 2.95. The lowest BCUT2D eigenvalue weighted by Gasteiger charge is -2.21. The summed E-state index contributed by atoms with van der Waals surface area (Å²) in [7, 11) is 0. The molecule has 0 aromatic heterocycles. The fraction of sp³-hybridized carbons (Fsp3) is 0.455. The monoisotopic (exact) mass is 294 g/mol. The van der Waals surface area contributed by atoms with Gasteiger partial charge in [-0.05, 0) is 18.6 Å². The van der Waals surface area contributed by atoms with Gasteiger partial charge >= 0.3 is 0 Å². The minimum absolute atomic E-state index is 0.264. The van der Waals surface area contributed by atoms with Gasteiger partial charge in [-0.2, -0.15) is 0 Å². The van der Waals surface area contributed by atoms with Gasteiger partial charge in [0.05, 0.1) is 12.7 Å². The molecule has 0 saturated heterocycles. The zero-order chi connectivity index (χ0) is 12.3. The van der Waals surface area contributed by atoms with Crippen LogP contribution in [0.4, 0.5) is 8.78 Å². The fourth-order valence-electron chi connectivity index (χ4n) is 1.60. The summed E-state index contributed by atoms with van der Waals surface area (Å²) in [5.41, 5.74) is -0.264. The maximum absolute atomic E-state index is 13.6. The first-order valence-electron chi connectivity index (χ1n) is 4.94. The molecule has 1 aromatic rings. The third-order valence-electron chi connectivity index (χ3n) is 2.49. The van der Waals surface area contributed by atoms with Crippen molar-refractivity contribution >= 4 is 15.9 Å². The van der Waals surface area contributed by atoms with Crippen LogP contribution in [-0.4, -0.2) is 22.9 Å². The van der Waals surface area contributed by atoms with Gasteiger partial charge in [-0.15, -0.1) is 0 Å². The lowest BCUT2D eigenvalue weighted by Crippen LogP contribution is -2.23. The lowest BCUT2D eigenvalue weighted by atomic mass is 9.92. The summed E-state index contributed by atoms with van der Waals surface area (Å²) in [6, 6.07) is 2.23. The van der Waals surface area contributed by atoms with Crippen LogP contribution in [0.15, 0.2) is 16.6 Å². The van der Waals surface area contributed by atoms with Gasteiger partial charge in [-0.3, -0.25) is 0 Å². The Bertz CT molecular complexity index is 348. The molecule has 16 heavy (non-hydrogen) atoms. The van der Waals surface area contributed by atoms with Crippen molar-refractivity contribution < 1.29 is 19.0 Å². The maximum atomic E-state index is 13.6. The molecule has 0 aliphatic carbocycles. The molecule has 0 bridgehead atoms. The van der Waals surface area contributed by atoms with Crippen LogP contribution in [0.25, 0.3) is 0 Å². The molecule has 1 rings (SSSR count). The van der Waals surface area contributed by atoms with Gasteiger partial charge in [0.2, 0.25) is 0 Å². The zero-order valence-corrected chi connectivity index (χ0v) is 10.3. The highest BCUT2D eigenvalue weighted by molar-refractivity contribution is 9.10. The summed E-state index contributed by atoms with van der Waals surface area (Å²) < 4.78 is 27.4. The molecule has 2 atom stereocenters. The summed E-state index contributed by atoms with van der Waals surface area (Å²) in [6.07, 6.45) is -0.643. The van der Waals surface area contributed by atoms with Crippen molar-refractivity contribution in [3.63, 3.8) is 0 Å². The first kappa shape index (κ1) is 13.5. The number of aliphatic hydroxyl groups is 2. The Hall–Kier alpha value is -0.520. The normalized spacial score (nSPS) is 14.9. The summed E-state index contributed by atoms with van der Waals surface area (Å²) >= 11 is 2.97. The number of halogens is 3. The summed E-state index contributed by atoms with van der Waals surface area (Å²) in [5, 5.41) is 18.7. The van der Waals surface area contributed by atoms with Crippen molar-refractivity contribution in [1.82, 2.24) is 0 Å². The van der Waals surface area contributed by atoms with E-state index >= 15 is 0 Å². The van der Waals surface area contributed by atoms with E-state index in [9.17, 15) is 13.9 Å². The average Bonchev–Trinajstić information content (AvgIpc) is 2.22. The number of rotatable bonds is 4. The quantitative estimate of drug-likeness (QED) is 0.896. The highest BCUT2D eigenvalue weighted by Crippen LogP contribution is 2.29. The van der Waals surface area contributed by atoms with Crippen molar-refractivity contribution in [1.29, 1.82) is 0 Å². The van der Waals surface area contributed by atoms with Gasteiger partial charge in [0.1, 0.15) is 11.6 Å². The molecular weight excluding hydrogens is 282 g/mol. The molecule has 0 heterocycles. The highest BCUT2D eigenvalue weighted by atomic mass is 79.9. The second-order valence-electron chi connectivity index (χ2n) is 3.55. The molecule has 1 aromatic carbocycles. The average molecular weight is 295 g/mol. The third kappa shape index (κ3) is 2.78. The van der Waals surface area contributed by atoms with Gasteiger partial charge in [0.25, 0.3) is 0 Å². The van der Waals surface area contributed by atoms with E-state index in [0.29, 0.717) is 6.42 Å². The topological polar surface area (TPSA) is 40.5 Å². The van der Waals surface area contributed by atoms with E-state index in [1.807, 2.05) is 0 Å². The Balaban J connectivity index is 3.19. The molecule has 5 heteroatoms. The van der Waals surface area contributed by atoms with Gasteiger partial charge in [0, 0.05) is 16.0 Å². The van der Waals surface area contributed by atoms with Crippen LogP contribution in [0.2, 0.25) is 0 Å². The summed E-state index contributed by atoms with van der Waals surface area (Å²) in [4.78, 5) is 0. The summed E-state index contributed by atoms with van der Waals surface area (Å²) in [5.74, 6) is -2.46. The molecule has 0 fully saturated rings. The molecule has 0 radical (unpaired) electrons. The molecule has 0 spiro atoms. The van der Waals surface area contributed by atoms with Crippen molar-refractivity contribution in [2.45, 2.75) is 25.4 Å². The SMILES string of the molecule is CCC(O)C(CO)c1c(F)cc(Br)cc1F. The lowest BCUT2D eigenvalue weighted by molar-refractivity contribution is 0.0995. The number of benzene rings is 1. The van der Waals surface area contributed by atoms with Gasteiger partial charge in [0.15, 0.2) is 0 Å². The minimum atomic E-state index is -0.963. The van der Waals surface area contributed by atoms with Crippen molar-refractivity contribution in [3.8, 4) is 0 Å². The van der Waals surface area contributed by atoms with Crippen LogP contribution in [0.5, 0.6) is 0 Å². The summed E-state index contributed by atoms with van der Waals surface area (Å²) in [6.45, 7) is 1.19. The Morgan fingerprint density at radius 1 is 1.31 bits per heavy atom. The zero-order valence-electron chi connectivity index (χ0n) is 8.75. The van der Waals surface area contributed by atoms with Gasteiger partial charge < -0.3 is 10.2 Å². The Labute approximate surface area is 101 Å². The second kappa shape index (κ2) is 5.70. The highest BCUT2D eigenvalue weighted by Gasteiger charge is 2.25. The van der Waals surface area contributed by atoms with Crippen molar-refractivity contribution in [2.24, 2.45) is 0 Å². The van der Waals surface area contributed by atoms with Crippen LogP contribution in [0.3, 0.4) is 0 Å². The van der Waals surface area contributed by atoms with E-state index in [0.717, 1.165) is 12.1 Å². The van der Waals surface area contributed by atoms with E-state index in [1.165, 1.54) is 0 Å². The molecular formula is C11H13BrF2O2. The van der Waals surface area contributed by atoms with Crippen LogP contribution in [-0.2, 0) is 0 Å². The maximum Gasteiger partial charge on any atom is 0.130 e. The Morgan fingerprint density at radius 2 is 1.81 bits per heavy atom. The van der Waals surface area contributed by atoms with E-state index in [4.69, 9.17) is 5.11 Å². The van der Waals surface area contributed by atoms with E-state index in [-0.39, 0.29) is 10.0 Å². The molecule has 2 nitrogen and oxygen atoms in total. The van der Waals surface area contributed by atoms with E-state index < -0.39 is 30.3 Å². The van der Waals surface area contributed by atoms with E-state index in [1.54, 1.807) is 6.92 Å². The molecule has 0 aliphatic heterocycles. The Morgan fingerprint density at radius 3 is 2.19 bits per heavy atom. The molecule has 2 unspecified atom stereocenters. The van der Waals surface area contributed by atoms with Crippen LogP contribution >= 0.6 is 15.9 Å². The van der Waals surface area contributed by atoms with Gasteiger partial charge in [-0.1, -0.05) is 22.9 Å². The molecule has 0 saturated carbocycles. The predicted octanol–water partition coefficient (Wildman–Crippen LogP) is 2.57. The molecule has 0 amide bonds. The molecule has 2 N–H and O–H groups in total. The van der Waals surface area contributed by atoms with Crippen LogP contribution in [0.1, 0.15) is 24.8 Å². The first-order chi connectivity index (χ1) is 7.51. The largest absolute Gasteiger partial charge is 0.396 e. The van der Waals surface area contributed by atoms with E-state index in [2.05, 4.69) is 15.9 Å². The van der Waals surface area contributed by atoms with Crippen molar-refractivity contribution in [2.75, 3.05) is 6.61 Å². The predicted molar refractivity (Wildman–Crippen MR) is 60.2 cm³/mol. The first-order valence-corrected chi connectivity index (χ1v) is 5.73. The number of hydrogen-bond donors (Lipinski definition) is 2.